The second-order valence-corrected chi connectivity index (χ2v) is 3.70. The lowest BCUT2D eigenvalue weighted by molar-refractivity contribution is 0.217. The number of hydrogen-bond acceptors (Lipinski definition) is 2. The van der Waals surface area contributed by atoms with Gasteiger partial charge in [0, 0.05) is 6.04 Å². The smallest absolute Gasteiger partial charge is 0.120 e. The zero-order chi connectivity index (χ0) is 10.6. The minimum atomic E-state index is 0.0653. The molecule has 0 fully saturated rings. The van der Waals surface area contributed by atoms with Crippen LogP contribution in [0.25, 0.3) is 0 Å². The first-order chi connectivity index (χ1) is 6.63. The molecule has 0 aliphatic carbocycles. The third-order valence-electron chi connectivity index (χ3n) is 2.30. The molecule has 0 aliphatic heterocycles. The van der Waals surface area contributed by atoms with E-state index in [1.54, 1.807) is 0 Å². The van der Waals surface area contributed by atoms with Gasteiger partial charge in [-0.2, -0.15) is 0 Å². The fraction of sp³-hybridized carbons (Fsp3) is 0.500. The van der Waals surface area contributed by atoms with Crippen LogP contribution in [-0.2, 0) is 0 Å². The van der Waals surface area contributed by atoms with Crippen molar-refractivity contribution in [3.63, 3.8) is 0 Å². The van der Waals surface area contributed by atoms with Crippen LogP contribution in [0.15, 0.2) is 24.3 Å². The van der Waals surface area contributed by atoms with Crippen molar-refractivity contribution in [2.24, 2.45) is 5.73 Å². The molecule has 14 heavy (non-hydrogen) atoms. The van der Waals surface area contributed by atoms with Crippen molar-refractivity contribution in [2.75, 3.05) is 0 Å². The quantitative estimate of drug-likeness (QED) is 0.798. The molecule has 0 radical (unpaired) electrons. The molecule has 0 amide bonds. The molecule has 2 nitrogen and oxygen atoms in total. The Hall–Kier alpha value is -1.02. The van der Waals surface area contributed by atoms with Crippen molar-refractivity contribution in [2.45, 2.75) is 39.3 Å². The monoisotopic (exact) mass is 193 g/mol. The van der Waals surface area contributed by atoms with E-state index in [0.717, 1.165) is 17.7 Å². The van der Waals surface area contributed by atoms with E-state index in [1.807, 2.05) is 31.2 Å². The average Bonchev–Trinajstić information content (AvgIpc) is 2.18. The molecule has 1 rings (SSSR count). The number of rotatable bonds is 4. The normalized spacial score (nSPS) is 14.9. The summed E-state index contributed by atoms with van der Waals surface area (Å²) in [5.74, 6) is 0.911. The number of nitrogens with two attached hydrogens (primary N) is 1. The highest BCUT2D eigenvalue weighted by Gasteiger charge is 2.03. The van der Waals surface area contributed by atoms with Crippen molar-refractivity contribution in [3.8, 4) is 5.75 Å². The van der Waals surface area contributed by atoms with Crippen LogP contribution in [-0.4, -0.2) is 6.10 Å². The fourth-order valence-corrected chi connectivity index (χ4v) is 1.19. The Morgan fingerprint density at radius 3 is 2.64 bits per heavy atom. The lowest BCUT2D eigenvalue weighted by Gasteiger charge is -2.14. The van der Waals surface area contributed by atoms with Crippen molar-refractivity contribution >= 4 is 0 Å². The molecule has 0 saturated carbocycles. The van der Waals surface area contributed by atoms with Crippen LogP contribution in [0.2, 0.25) is 0 Å². The van der Waals surface area contributed by atoms with Gasteiger partial charge in [0.2, 0.25) is 0 Å². The van der Waals surface area contributed by atoms with Crippen LogP contribution in [0, 0.1) is 0 Å². The van der Waals surface area contributed by atoms with Gasteiger partial charge in [0.25, 0.3) is 0 Å². The lowest BCUT2D eigenvalue weighted by atomic mass is 10.1. The molecule has 0 aromatic heterocycles. The predicted octanol–water partition coefficient (Wildman–Crippen LogP) is 2.88. The molecule has 0 heterocycles. The molecular weight excluding hydrogens is 174 g/mol. The molecule has 2 N–H and O–H groups in total. The molecule has 1 unspecified atom stereocenters. The van der Waals surface area contributed by atoms with Gasteiger partial charge in [-0.25, -0.2) is 0 Å². The number of benzene rings is 1. The van der Waals surface area contributed by atoms with E-state index in [1.165, 1.54) is 0 Å². The highest BCUT2D eigenvalue weighted by molar-refractivity contribution is 5.30. The van der Waals surface area contributed by atoms with Gasteiger partial charge in [-0.3, -0.25) is 0 Å². The van der Waals surface area contributed by atoms with E-state index in [9.17, 15) is 0 Å². The third kappa shape index (κ3) is 3.04. The second kappa shape index (κ2) is 5.01. The van der Waals surface area contributed by atoms with Crippen LogP contribution >= 0.6 is 0 Å². The largest absolute Gasteiger partial charge is 0.491 e. The van der Waals surface area contributed by atoms with E-state index in [4.69, 9.17) is 10.5 Å². The first kappa shape index (κ1) is 11.1. The molecular formula is C12H19NO. The number of hydrogen-bond donors (Lipinski definition) is 1. The fourth-order valence-electron chi connectivity index (χ4n) is 1.19. The first-order valence-corrected chi connectivity index (χ1v) is 5.15. The van der Waals surface area contributed by atoms with Gasteiger partial charge in [0.15, 0.2) is 0 Å². The van der Waals surface area contributed by atoms with Gasteiger partial charge >= 0.3 is 0 Å². The van der Waals surface area contributed by atoms with Crippen molar-refractivity contribution in [1.82, 2.24) is 0 Å². The zero-order valence-electron chi connectivity index (χ0n) is 9.16. The molecule has 1 aromatic rings. The Morgan fingerprint density at radius 2 is 2.07 bits per heavy atom. The Morgan fingerprint density at radius 1 is 1.36 bits per heavy atom. The van der Waals surface area contributed by atoms with Crippen LogP contribution in [0.1, 0.15) is 38.8 Å². The van der Waals surface area contributed by atoms with E-state index < -0.39 is 0 Å². The zero-order valence-corrected chi connectivity index (χ0v) is 9.16. The van der Waals surface area contributed by atoms with Crippen LogP contribution in [0.4, 0.5) is 0 Å². The minimum Gasteiger partial charge on any atom is -0.491 e. The average molecular weight is 193 g/mol. The Labute approximate surface area is 86.1 Å². The molecule has 78 valence electrons. The second-order valence-electron chi connectivity index (χ2n) is 3.70. The molecule has 0 saturated heterocycles. The summed E-state index contributed by atoms with van der Waals surface area (Å²) in [4.78, 5) is 0. The summed E-state index contributed by atoms with van der Waals surface area (Å²) in [6.07, 6.45) is 1.28. The van der Waals surface area contributed by atoms with Crippen LogP contribution in [0.5, 0.6) is 5.75 Å². The van der Waals surface area contributed by atoms with E-state index in [0.29, 0.717) is 0 Å². The Balaban J connectivity index is 2.73. The topological polar surface area (TPSA) is 35.2 Å². The van der Waals surface area contributed by atoms with Gasteiger partial charge in [-0.15, -0.1) is 0 Å². The molecule has 0 bridgehead atoms. The third-order valence-corrected chi connectivity index (χ3v) is 2.30. The standard InChI is InChI=1S/C12H19NO/c1-4-9(2)14-12-7-5-6-11(8-12)10(3)13/h5-10H,4,13H2,1-3H3/t9?,10-/m0/s1. The van der Waals surface area contributed by atoms with Gasteiger partial charge in [0.05, 0.1) is 6.10 Å². The van der Waals surface area contributed by atoms with Crippen LogP contribution in [0.3, 0.4) is 0 Å². The van der Waals surface area contributed by atoms with Crippen molar-refractivity contribution < 1.29 is 4.74 Å². The summed E-state index contributed by atoms with van der Waals surface area (Å²) >= 11 is 0. The summed E-state index contributed by atoms with van der Waals surface area (Å²) in [6.45, 7) is 6.15. The summed E-state index contributed by atoms with van der Waals surface area (Å²) in [5.41, 5.74) is 6.91. The molecule has 2 atom stereocenters. The van der Waals surface area contributed by atoms with E-state index in [-0.39, 0.29) is 12.1 Å². The highest BCUT2D eigenvalue weighted by Crippen LogP contribution is 2.19. The van der Waals surface area contributed by atoms with E-state index in [2.05, 4.69) is 13.8 Å². The van der Waals surface area contributed by atoms with E-state index >= 15 is 0 Å². The lowest BCUT2D eigenvalue weighted by Crippen LogP contribution is -2.10. The summed E-state index contributed by atoms with van der Waals surface area (Å²) in [5, 5.41) is 0. The molecule has 1 aromatic carbocycles. The SMILES string of the molecule is CCC(C)Oc1cccc([C@H](C)N)c1. The summed E-state index contributed by atoms with van der Waals surface area (Å²) < 4.78 is 5.70. The summed E-state index contributed by atoms with van der Waals surface area (Å²) in [7, 11) is 0. The molecule has 0 aliphatic rings. The van der Waals surface area contributed by atoms with Crippen molar-refractivity contribution in [3.05, 3.63) is 29.8 Å². The Kier molecular flexibility index (Phi) is 3.96. The maximum absolute atomic E-state index is 5.79. The maximum atomic E-state index is 5.79. The predicted molar refractivity (Wildman–Crippen MR) is 59.4 cm³/mol. The number of ether oxygens (including phenoxy) is 1. The minimum absolute atomic E-state index is 0.0653. The molecule has 2 heteroatoms. The van der Waals surface area contributed by atoms with Gasteiger partial charge in [-0.05, 0) is 38.0 Å². The summed E-state index contributed by atoms with van der Waals surface area (Å²) in [6, 6.07) is 8.05. The molecule has 0 spiro atoms. The van der Waals surface area contributed by atoms with Gasteiger partial charge < -0.3 is 10.5 Å². The highest BCUT2D eigenvalue weighted by atomic mass is 16.5. The maximum Gasteiger partial charge on any atom is 0.120 e. The van der Waals surface area contributed by atoms with Crippen LogP contribution < -0.4 is 10.5 Å². The van der Waals surface area contributed by atoms with Gasteiger partial charge in [-0.1, -0.05) is 19.1 Å². The Bertz CT molecular complexity index is 283. The van der Waals surface area contributed by atoms with Gasteiger partial charge in [0.1, 0.15) is 5.75 Å². The van der Waals surface area contributed by atoms with Crippen molar-refractivity contribution in [1.29, 1.82) is 0 Å². The first-order valence-electron chi connectivity index (χ1n) is 5.15.